The number of hydrogen-bond donors (Lipinski definition) is 1. The number of nitrogens with zero attached hydrogens (tertiary/aromatic N) is 2. The van der Waals surface area contributed by atoms with E-state index in [0.29, 0.717) is 0 Å². The van der Waals surface area contributed by atoms with E-state index in [1.165, 1.54) is 0 Å². The third-order valence-electron chi connectivity index (χ3n) is 2.91. The first-order valence-corrected chi connectivity index (χ1v) is 7.53. The van der Waals surface area contributed by atoms with Crippen molar-refractivity contribution in [1.82, 2.24) is 14.9 Å². The maximum absolute atomic E-state index is 6.16. The molecule has 0 saturated heterocycles. The molecule has 1 aromatic heterocycles. The van der Waals surface area contributed by atoms with Gasteiger partial charge in [0.15, 0.2) is 0 Å². The predicted octanol–water partition coefficient (Wildman–Crippen LogP) is 3.87. The van der Waals surface area contributed by atoms with Gasteiger partial charge >= 0.3 is 0 Å². The van der Waals surface area contributed by atoms with E-state index in [9.17, 15) is 0 Å². The minimum absolute atomic E-state index is 0.806. The van der Waals surface area contributed by atoms with Gasteiger partial charge in [-0.05, 0) is 37.1 Å². The van der Waals surface area contributed by atoms with Gasteiger partial charge in [-0.25, -0.2) is 4.98 Å². The van der Waals surface area contributed by atoms with E-state index >= 15 is 0 Å². The second kappa shape index (κ2) is 7.68. The zero-order chi connectivity index (χ0) is 13.5. The fourth-order valence-electron chi connectivity index (χ4n) is 1.85. The minimum atomic E-state index is 0.806. The summed E-state index contributed by atoms with van der Waals surface area (Å²) in [6.07, 6.45) is 7.96. The van der Waals surface area contributed by atoms with E-state index in [4.69, 9.17) is 11.6 Å². The van der Waals surface area contributed by atoms with Crippen LogP contribution in [0.5, 0.6) is 0 Å². The topological polar surface area (TPSA) is 29.9 Å². The van der Waals surface area contributed by atoms with Crippen molar-refractivity contribution < 1.29 is 0 Å². The predicted molar refractivity (Wildman–Crippen MR) is 82.3 cm³/mol. The number of imidazole rings is 1. The molecule has 5 heteroatoms. The zero-order valence-corrected chi connectivity index (χ0v) is 13.0. The lowest BCUT2D eigenvalue weighted by Crippen LogP contribution is -2.15. The Kier molecular flexibility index (Phi) is 5.89. The molecule has 0 spiro atoms. The first-order valence-electron chi connectivity index (χ1n) is 6.36. The van der Waals surface area contributed by atoms with Gasteiger partial charge in [0.25, 0.3) is 0 Å². The fourth-order valence-corrected chi connectivity index (χ4v) is 2.59. The molecule has 1 N–H and O–H groups in total. The quantitative estimate of drug-likeness (QED) is 0.774. The molecule has 0 unspecified atom stereocenters. The Bertz CT molecular complexity index is 499. The highest BCUT2D eigenvalue weighted by molar-refractivity contribution is 9.10. The van der Waals surface area contributed by atoms with Crippen LogP contribution in [0.4, 0.5) is 0 Å². The molecule has 2 rings (SSSR count). The number of benzene rings is 1. The third kappa shape index (κ3) is 4.97. The van der Waals surface area contributed by atoms with Crippen LogP contribution in [0, 0.1) is 0 Å². The number of unbranched alkanes of at least 4 members (excludes halogenated alkanes) is 1. The first kappa shape index (κ1) is 14.6. The van der Waals surface area contributed by atoms with Gasteiger partial charge in [-0.15, -0.1) is 0 Å². The molecule has 1 heterocycles. The molecule has 0 saturated carbocycles. The van der Waals surface area contributed by atoms with Crippen LogP contribution in [-0.2, 0) is 13.1 Å². The van der Waals surface area contributed by atoms with E-state index in [2.05, 4.69) is 30.8 Å². The summed E-state index contributed by atoms with van der Waals surface area (Å²) in [5.74, 6) is 0. The zero-order valence-electron chi connectivity index (χ0n) is 10.6. The second-order valence-corrected chi connectivity index (χ2v) is 5.74. The summed E-state index contributed by atoms with van der Waals surface area (Å²) >= 11 is 9.56. The number of halogens is 2. The van der Waals surface area contributed by atoms with Crippen LogP contribution in [0.3, 0.4) is 0 Å². The first-order chi connectivity index (χ1) is 9.25. The number of hydrogen-bond acceptors (Lipinski definition) is 2. The highest BCUT2D eigenvalue weighted by Crippen LogP contribution is 2.21. The largest absolute Gasteiger partial charge is 0.337 e. The molecule has 0 fully saturated rings. The van der Waals surface area contributed by atoms with Gasteiger partial charge in [0, 0.05) is 35.0 Å². The van der Waals surface area contributed by atoms with Crippen LogP contribution < -0.4 is 5.32 Å². The van der Waals surface area contributed by atoms with Crippen LogP contribution in [0.1, 0.15) is 18.4 Å². The number of aryl methyl sites for hydroxylation is 1. The fraction of sp³-hybridized carbons (Fsp3) is 0.357. The molecular weight excluding hydrogens is 326 g/mol. The summed E-state index contributed by atoms with van der Waals surface area (Å²) in [5.41, 5.74) is 1.14. The molecule has 2 aromatic rings. The van der Waals surface area contributed by atoms with Crippen LogP contribution in [0.25, 0.3) is 0 Å². The highest BCUT2D eigenvalue weighted by atomic mass is 79.9. The molecule has 1 aromatic carbocycles. The van der Waals surface area contributed by atoms with Crippen LogP contribution >= 0.6 is 27.5 Å². The Morgan fingerprint density at radius 1 is 1.32 bits per heavy atom. The van der Waals surface area contributed by atoms with Crippen molar-refractivity contribution in [3.05, 3.63) is 52.0 Å². The molecule has 0 aliphatic rings. The second-order valence-electron chi connectivity index (χ2n) is 4.42. The number of rotatable bonds is 7. The molecule has 0 aliphatic carbocycles. The SMILES string of the molecule is Clc1cc(Br)ccc1CNCCCCn1ccnc1. The maximum atomic E-state index is 6.16. The van der Waals surface area contributed by atoms with Crippen LogP contribution in [0.15, 0.2) is 41.4 Å². The summed E-state index contributed by atoms with van der Waals surface area (Å²) in [4.78, 5) is 4.02. The normalized spacial score (nSPS) is 10.8. The summed E-state index contributed by atoms with van der Waals surface area (Å²) in [6, 6.07) is 5.99. The smallest absolute Gasteiger partial charge is 0.0945 e. The van der Waals surface area contributed by atoms with E-state index in [1.54, 1.807) is 0 Å². The van der Waals surface area contributed by atoms with Gasteiger partial charge in [0.2, 0.25) is 0 Å². The molecule has 3 nitrogen and oxygen atoms in total. The Morgan fingerprint density at radius 3 is 2.95 bits per heavy atom. The lowest BCUT2D eigenvalue weighted by atomic mass is 10.2. The summed E-state index contributed by atoms with van der Waals surface area (Å²) < 4.78 is 3.12. The van der Waals surface area contributed by atoms with E-state index in [0.717, 1.165) is 47.5 Å². The third-order valence-corrected chi connectivity index (χ3v) is 3.75. The van der Waals surface area contributed by atoms with Crippen LogP contribution in [0.2, 0.25) is 5.02 Å². The van der Waals surface area contributed by atoms with Gasteiger partial charge in [-0.1, -0.05) is 33.6 Å². The van der Waals surface area contributed by atoms with Crippen molar-refractivity contribution in [3.8, 4) is 0 Å². The van der Waals surface area contributed by atoms with Crippen molar-refractivity contribution in [2.24, 2.45) is 0 Å². The molecule has 0 bridgehead atoms. The van der Waals surface area contributed by atoms with Gasteiger partial charge < -0.3 is 9.88 Å². The molecule has 0 atom stereocenters. The van der Waals surface area contributed by atoms with E-state index in [1.807, 2.05) is 36.9 Å². The average molecular weight is 343 g/mol. The Balaban J connectivity index is 1.61. The van der Waals surface area contributed by atoms with Crippen molar-refractivity contribution in [2.45, 2.75) is 25.9 Å². The molecule has 19 heavy (non-hydrogen) atoms. The van der Waals surface area contributed by atoms with Gasteiger partial charge in [-0.2, -0.15) is 0 Å². The highest BCUT2D eigenvalue weighted by Gasteiger charge is 2.00. The Morgan fingerprint density at radius 2 is 2.21 bits per heavy atom. The van der Waals surface area contributed by atoms with Gasteiger partial charge in [0.05, 0.1) is 6.33 Å². The molecular formula is C14H17BrClN3. The average Bonchev–Trinajstić information content (AvgIpc) is 2.89. The lowest BCUT2D eigenvalue weighted by Gasteiger charge is -2.07. The minimum Gasteiger partial charge on any atom is -0.337 e. The summed E-state index contributed by atoms with van der Waals surface area (Å²) in [5, 5.41) is 4.22. The van der Waals surface area contributed by atoms with Crippen LogP contribution in [-0.4, -0.2) is 16.1 Å². The number of nitrogens with one attached hydrogen (secondary N) is 1. The number of aromatic nitrogens is 2. The van der Waals surface area contributed by atoms with Crippen molar-refractivity contribution in [3.63, 3.8) is 0 Å². The Labute approximate surface area is 127 Å². The van der Waals surface area contributed by atoms with Gasteiger partial charge in [-0.3, -0.25) is 0 Å². The molecule has 0 radical (unpaired) electrons. The molecule has 102 valence electrons. The van der Waals surface area contributed by atoms with Crippen molar-refractivity contribution in [2.75, 3.05) is 6.54 Å². The summed E-state index contributed by atoms with van der Waals surface area (Å²) in [6.45, 7) is 2.85. The molecule has 0 aliphatic heterocycles. The van der Waals surface area contributed by atoms with E-state index in [-0.39, 0.29) is 0 Å². The lowest BCUT2D eigenvalue weighted by molar-refractivity contribution is 0.568. The summed E-state index contributed by atoms with van der Waals surface area (Å²) in [7, 11) is 0. The van der Waals surface area contributed by atoms with Gasteiger partial charge in [0.1, 0.15) is 0 Å². The van der Waals surface area contributed by atoms with Crippen molar-refractivity contribution >= 4 is 27.5 Å². The standard InChI is InChI=1S/C14H17BrClN3/c15-13-4-3-12(14(16)9-13)10-17-5-1-2-7-19-8-6-18-11-19/h3-4,6,8-9,11,17H,1-2,5,7,10H2. The monoisotopic (exact) mass is 341 g/mol. The molecule has 0 amide bonds. The maximum Gasteiger partial charge on any atom is 0.0945 e. The Hall–Kier alpha value is -0.840. The van der Waals surface area contributed by atoms with Crippen molar-refractivity contribution in [1.29, 1.82) is 0 Å². The van der Waals surface area contributed by atoms with E-state index < -0.39 is 0 Å².